The number of hydrogen-bond acceptors (Lipinski definition) is 2. The van der Waals surface area contributed by atoms with Crippen molar-refractivity contribution < 1.29 is 19.1 Å². The minimum Gasteiger partial charge on any atom is -0.481 e. The van der Waals surface area contributed by atoms with E-state index < -0.39 is 5.97 Å². The fourth-order valence-electron chi connectivity index (χ4n) is 3.80. The molecule has 2 amide bonds. The van der Waals surface area contributed by atoms with Crippen LogP contribution >= 0.6 is 0 Å². The first-order valence-corrected chi connectivity index (χ1v) is 8.61. The van der Waals surface area contributed by atoms with Crippen molar-refractivity contribution in [2.75, 3.05) is 0 Å². The van der Waals surface area contributed by atoms with E-state index in [1.54, 1.807) is 12.1 Å². The number of aryl methyl sites for hydroxylation is 1. The van der Waals surface area contributed by atoms with Gasteiger partial charge in [0.1, 0.15) is 5.82 Å². The van der Waals surface area contributed by atoms with Crippen molar-refractivity contribution in [1.82, 2.24) is 10.6 Å². The van der Waals surface area contributed by atoms with E-state index in [4.69, 9.17) is 5.11 Å². The fourth-order valence-corrected chi connectivity index (χ4v) is 3.80. The summed E-state index contributed by atoms with van der Waals surface area (Å²) in [7, 11) is 0. The number of halogens is 1. The van der Waals surface area contributed by atoms with Gasteiger partial charge in [-0.25, -0.2) is 9.18 Å². The highest BCUT2D eigenvalue weighted by Gasteiger charge is 2.28. The predicted octanol–water partition coefficient (Wildman–Crippen LogP) is 3.15. The van der Waals surface area contributed by atoms with E-state index in [-0.39, 0.29) is 29.8 Å². The van der Waals surface area contributed by atoms with Crippen LogP contribution in [-0.4, -0.2) is 23.1 Å². The van der Waals surface area contributed by atoms with Crippen LogP contribution in [0, 0.1) is 11.7 Å². The molecule has 0 radical (unpaired) electrons. The Bertz CT molecular complexity index is 627. The van der Waals surface area contributed by atoms with Crippen LogP contribution in [-0.2, 0) is 11.2 Å². The molecule has 1 fully saturated rings. The first-order valence-electron chi connectivity index (χ1n) is 8.61. The molecule has 1 aromatic rings. The van der Waals surface area contributed by atoms with Crippen molar-refractivity contribution in [2.45, 2.75) is 57.0 Å². The van der Waals surface area contributed by atoms with Crippen LogP contribution in [0.3, 0.4) is 0 Å². The fraction of sp³-hybridized carbons (Fsp3) is 0.556. The SMILES string of the molecule is O=C(NC1CCC(C(=O)O)CC1)NC1CCCc2cc(F)ccc21. The number of fused-ring (bicyclic) bond motifs is 1. The first kappa shape index (κ1) is 16.7. The van der Waals surface area contributed by atoms with Gasteiger partial charge in [0, 0.05) is 6.04 Å². The second kappa shape index (κ2) is 7.20. The minimum atomic E-state index is -0.746. The van der Waals surface area contributed by atoms with E-state index in [2.05, 4.69) is 10.6 Å². The standard InChI is InChI=1S/C18H23FN2O3/c19-13-6-9-15-12(10-13)2-1-3-16(15)21-18(24)20-14-7-4-11(5-8-14)17(22)23/h6,9-11,14,16H,1-5,7-8H2,(H,22,23)(H2,20,21,24). The number of urea groups is 1. The normalized spacial score (nSPS) is 26.3. The number of hydrogen-bond donors (Lipinski definition) is 3. The van der Waals surface area contributed by atoms with Crippen LogP contribution in [0.5, 0.6) is 0 Å². The average molecular weight is 334 g/mol. The smallest absolute Gasteiger partial charge is 0.315 e. The van der Waals surface area contributed by atoms with Crippen LogP contribution in [0.2, 0.25) is 0 Å². The van der Waals surface area contributed by atoms with E-state index >= 15 is 0 Å². The number of aliphatic carboxylic acids is 1. The molecule has 2 aliphatic rings. The van der Waals surface area contributed by atoms with Gasteiger partial charge in [0.15, 0.2) is 0 Å². The van der Waals surface area contributed by atoms with Gasteiger partial charge in [0.2, 0.25) is 0 Å². The van der Waals surface area contributed by atoms with Gasteiger partial charge in [-0.3, -0.25) is 4.79 Å². The molecule has 0 spiro atoms. The summed E-state index contributed by atoms with van der Waals surface area (Å²) in [5.74, 6) is -1.27. The Morgan fingerprint density at radius 3 is 2.54 bits per heavy atom. The van der Waals surface area contributed by atoms with E-state index in [0.29, 0.717) is 25.7 Å². The van der Waals surface area contributed by atoms with Gasteiger partial charge in [-0.2, -0.15) is 0 Å². The number of carboxylic acids is 1. The molecule has 0 saturated heterocycles. The highest BCUT2D eigenvalue weighted by Crippen LogP contribution is 2.30. The number of benzene rings is 1. The number of carbonyl (C=O) groups is 2. The molecule has 0 heterocycles. The highest BCUT2D eigenvalue weighted by atomic mass is 19.1. The lowest BCUT2D eigenvalue weighted by Gasteiger charge is -2.30. The Kier molecular flexibility index (Phi) is 5.02. The van der Waals surface area contributed by atoms with Gasteiger partial charge in [-0.15, -0.1) is 0 Å². The molecule has 1 atom stereocenters. The lowest BCUT2D eigenvalue weighted by molar-refractivity contribution is -0.142. The summed E-state index contributed by atoms with van der Waals surface area (Å²) in [4.78, 5) is 23.2. The Balaban J connectivity index is 1.54. The van der Waals surface area contributed by atoms with Crippen LogP contribution in [0.15, 0.2) is 18.2 Å². The first-order chi connectivity index (χ1) is 11.5. The Hall–Kier alpha value is -2.11. The van der Waals surface area contributed by atoms with Crippen molar-refractivity contribution in [2.24, 2.45) is 5.92 Å². The molecule has 1 aromatic carbocycles. The Labute approximate surface area is 140 Å². The zero-order valence-corrected chi connectivity index (χ0v) is 13.6. The molecule has 130 valence electrons. The van der Waals surface area contributed by atoms with Gasteiger partial charge >= 0.3 is 12.0 Å². The van der Waals surface area contributed by atoms with Crippen molar-refractivity contribution >= 4 is 12.0 Å². The number of carbonyl (C=O) groups excluding carboxylic acids is 1. The number of nitrogens with one attached hydrogen (secondary N) is 2. The molecule has 0 bridgehead atoms. The number of rotatable bonds is 3. The molecular weight excluding hydrogens is 311 g/mol. The molecule has 0 aromatic heterocycles. The molecular formula is C18H23FN2O3. The largest absolute Gasteiger partial charge is 0.481 e. The summed E-state index contributed by atoms with van der Waals surface area (Å²) < 4.78 is 13.3. The second-order valence-corrected chi connectivity index (χ2v) is 6.79. The summed E-state index contributed by atoms with van der Waals surface area (Å²) in [6, 6.07) is 4.45. The second-order valence-electron chi connectivity index (χ2n) is 6.79. The van der Waals surface area contributed by atoms with Crippen LogP contribution < -0.4 is 10.6 Å². The summed E-state index contributed by atoms with van der Waals surface area (Å²) >= 11 is 0. The topological polar surface area (TPSA) is 78.4 Å². The molecule has 3 rings (SSSR count). The van der Waals surface area contributed by atoms with Crippen molar-refractivity contribution in [1.29, 1.82) is 0 Å². The maximum absolute atomic E-state index is 13.3. The minimum absolute atomic E-state index is 0.0249. The van der Waals surface area contributed by atoms with Crippen LogP contribution in [0.25, 0.3) is 0 Å². The number of amides is 2. The van der Waals surface area contributed by atoms with E-state index in [0.717, 1.165) is 30.4 Å². The van der Waals surface area contributed by atoms with E-state index in [1.165, 1.54) is 6.07 Å². The molecule has 2 aliphatic carbocycles. The number of carboxylic acid groups (broad SMARTS) is 1. The van der Waals surface area contributed by atoms with E-state index in [1.807, 2.05) is 0 Å². The summed E-state index contributed by atoms with van der Waals surface area (Å²) in [6.45, 7) is 0. The molecule has 3 N–H and O–H groups in total. The monoisotopic (exact) mass is 334 g/mol. The highest BCUT2D eigenvalue weighted by molar-refractivity contribution is 5.75. The lowest BCUT2D eigenvalue weighted by Crippen LogP contribution is -2.45. The third-order valence-electron chi connectivity index (χ3n) is 5.14. The molecule has 1 unspecified atom stereocenters. The molecule has 1 saturated carbocycles. The Morgan fingerprint density at radius 2 is 1.83 bits per heavy atom. The van der Waals surface area contributed by atoms with Crippen molar-refractivity contribution in [3.8, 4) is 0 Å². The molecule has 24 heavy (non-hydrogen) atoms. The van der Waals surface area contributed by atoms with Crippen molar-refractivity contribution in [3.05, 3.63) is 35.1 Å². The lowest BCUT2D eigenvalue weighted by atomic mass is 9.86. The third kappa shape index (κ3) is 3.86. The van der Waals surface area contributed by atoms with Crippen LogP contribution in [0.4, 0.5) is 9.18 Å². The van der Waals surface area contributed by atoms with E-state index in [9.17, 15) is 14.0 Å². The van der Waals surface area contributed by atoms with Crippen LogP contribution in [0.1, 0.15) is 55.7 Å². The summed E-state index contributed by atoms with van der Waals surface area (Å²) in [5, 5.41) is 14.9. The maximum atomic E-state index is 13.3. The van der Waals surface area contributed by atoms with Gasteiger partial charge < -0.3 is 15.7 Å². The third-order valence-corrected chi connectivity index (χ3v) is 5.14. The molecule has 6 heteroatoms. The van der Waals surface area contributed by atoms with Gasteiger partial charge in [0.25, 0.3) is 0 Å². The van der Waals surface area contributed by atoms with Crippen molar-refractivity contribution in [3.63, 3.8) is 0 Å². The maximum Gasteiger partial charge on any atom is 0.315 e. The van der Waals surface area contributed by atoms with Gasteiger partial charge in [-0.05, 0) is 68.2 Å². The quantitative estimate of drug-likeness (QED) is 0.794. The summed E-state index contributed by atoms with van der Waals surface area (Å²) in [6.07, 6.45) is 5.19. The molecule has 5 nitrogen and oxygen atoms in total. The van der Waals surface area contributed by atoms with Gasteiger partial charge in [-0.1, -0.05) is 6.07 Å². The average Bonchev–Trinajstić information content (AvgIpc) is 2.55. The predicted molar refractivity (Wildman–Crippen MR) is 87.1 cm³/mol. The molecule has 0 aliphatic heterocycles. The zero-order valence-electron chi connectivity index (χ0n) is 13.6. The summed E-state index contributed by atoms with van der Waals surface area (Å²) in [5.41, 5.74) is 1.96. The van der Waals surface area contributed by atoms with Gasteiger partial charge in [0.05, 0.1) is 12.0 Å². The Morgan fingerprint density at radius 1 is 1.08 bits per heavy atom. The zero-order chi connectivity index (χ0) is 17.1.